The van der Waals surface area contributed by atoms with Crippen molar-refractivity contribution in [2.45, 2.75) is 13.3 Å². The molecule has 2 rings (SSSR count). The number of benzene rings is 1. The number of ether oxygens (including phenoxy) is 1. The zero-order valence-electron chi connectivity index (χ0n) is 12.0. The molecule has 108 valence electrons. The third-order valence-corrected chi connectivity index (χ3v) is 2.82. The lowest BCUT2D eigenvalue weighted by molar-refractivity contribution is -0.115. The number of nitrogens with zero attached hydrogens (tertiary/aromatic N) is 1. The lowest BCUT2D eigenvalue weighted by Crippen LogP contribution is -2.15. The molecule has 1 heterocycles. The second kappa shape index (κ2) is 6.65. The molecule has 0 fully saturated rings. The van der Waals surface area contributed by atoms with E-state index in [-0.39, 0.29) is 12.3 Å². The van der Waals surface area contributed by atoms with E-state index in [1.54, 1.807) is 26.2 Å². The summed E-state index contributed by atoms with van der Waals surface area (Å²) in [6.07, 6.45) is 0.0639. The molecule has 0 atom stereocenters. The quantitative estimate of drug-likeness (QED) is 0.828. The maximum atomic E-state index is 11.7. The first-order valence-electron chi connectivity index (χ1n) is 6.54. The molecule has 1 aromatic carbocycles. The third kappa shape index (κ3) is 3.89. The van der Waals surface area contributed by atoms with Crippen LogP contribution in [-0.4, -0.2) is 23.7 Å². The topological polar surface area (TPSA) is 75.1 Å². The molecule has 0 aliphatic carbocycles. The minimum absolute atomic E-state index is 0.0639. The monoisotopic (exact) mass is 283 g/mol. The lowest BCUT2D eigenvalue weighted by Gasteiger charge is -2.10. The summed E-state index contributed by atoms with van der Waals surface area (Å²) in [6.45, 7) is 1.59. The standard InChI is InChI=1S/C16H17N3O2/c1-11(17)10-15(20)18-14-9-8-13(21-2)16(19-14)12-6-4-3-5-7-12/h3-9,17H,10H2,1-2H3,(H,18,19,20). The van der Waals surface area contributed by atoms with E-state index < -0.39 is 0 Å². The third-order valence-electron chi connectivity index (χ3n) is 2.82. The van der Waals surface area contributed by atoms with Crippen LogP contribution in [-0.2, 0) is 4.79 Å². The zero-order valence-corrected chi connectivity index (χ0v) is 12.0. The highest BCUT2D eigenvalue weighted by molar-refractivity contribution is 6.04. The Bertz CT molecular complexity index is 654. The van der Waals surface area contributed by atoms with Gasteiger partial charge in [0.2, 0.25) is 5.91 Å². The Kier molecular flexibility index (Phi) is 4.66. The number of nitrogens with one attached hydrogen (secondary N) is 2. The molecule has 1 aromatic heterocycles. The number of anilines is 1. The smallest absolute Gasteiger partial charge is 0.231 e. The molecule has 0 bridgehead atoms. The Labute approximate surface area is 123 Å². The van der Waals surface area contributed by atoms with Crippen molar-refractivity contribution >= 4 is 17.4 Å². The average molecular weight is 283 g/mol. The van der Waals surface area contributed by atoms with Crippen LogP contribution in [0.3, 0.4) is 0 Å². The first kappa shape index (κ1) is 14.7. The van der Waals surface area contributed by atoms with E-state index in [0.717, 1.165) is 5.56 Å². The van der Waals surface area contributed by atoms with E-state index >= 15 is 0 Å². The Morgan fingerprint density at radius 3 is 2.57 bits per heavy atom. The van der Waals surface area contributed by atoms with Crippen LogP contribution in [0.2, 0.25) is 0 Å². The van der Waals surface area contributed by atoms with Gasteiger partial charge in [-0.3, -0.25) is 4.79 Å². The lowest BCUT2D eigenvalue weighted by atomic mass is 10.1. The zero-order chi connectivity index (χ0) is 15.2. The van der Waals surface area contributed by atoms with Crippen LogP contribution in [0.1, 0.15) is 13.3 Å². The van der Waals surface area contributed by atoms with Crippen molar-refractivity contribution in [3.8, 4) is 17.0 Å². The van der Waals surface area contributed by atoms with Gasteiger partial charge in [0.15, 0.2) is 0 Å². The van der Waals surface area contributed by atoms with Crippen LogP contribution in [0, 0.1) is 5.41 Å². The average Bonchev–Trinajstić information content (AvgIpc) is 2.47. The number of amides is 1. The fourth-order valence-corrected chi connectivity index (χ4v) is 1.91. The van der Waals surface area contributed by atoms with Gasteiger partial charge < -0.3 is 15.5 Å². The van der Waals surface area contributed by atoms with Crippen LogP contribution < -0.4 is 10.1 Å². The molecular weight excluding hydrogens is 266 g/mol. The van der Waals surface area contributed by atoms with Gasteiger partial charge in [0.05, 0.1) is 13.5 Å². The number of methoxy groups -OCH3 is 1. The molecule has 2 N–H and O–H groups in total. The number of pyridine rings is 1. The molecule has 5 nitrogen and oxygen atoms in total. The number of aromatic nitrogens is 1. The van der Waals surface area contributed by atoms with Gasteiger partial charge in [-0.1, -0.05) is 30.3 Å². The van der Waals surface area contributed by atoms with Gasteiger partial charge in [-0.25, -0.2) is 4.98 Å². The van der Waals surface area contributed by atoms with Crippen molar-refractivity contribution in [2.75, 3.05) is 12.4 Å². The van der Waals surface area contributed by atoms with Gasteiger partial charge in [-0.2, -0.15) is 0 Å². The van der Waals surface area contributed by atoms with Crippen LogP contribution in [0.4, 0.5) is 5.82 Å². The van der Waals surface area contributed by atoms with E-state index in [4.69, 9.17) is 10.1 Å². The van der Waals surface area contributed by atoms with Crippen molar-refractivity contribution in [3.63, 3.8) is 0 Å². The van der Waals surface area contributed by atoms with Crippen molar-refractivity contribution in [1.82, 2.24) is 4.98 Å². The summed E-state index contributed by atoms with van der Waals surface area (Å²) in [7, 11) is 1.58. The fraction of sp³-hybridized carbons (Fsp3) is 0.188. The summed E-state index contributed by atoms with van der Waals surface area (Å²) >= 11 is 0. The highest BCUT2D eigenvalue weighted by Gasteiger charge is 2.10. The normalized spacial score (nSPS) is 10.0. The number of carbonyl (C=O) groups excluding carboxylic acids is 1. The number of hydrogen-bond acceptors (Lipinski definition) is 4. The van der Waals surface area contributed by atoms with Gasteiger partial charge in [0.1, 0.15) is 17.3 Å². The van der Waals surface area contributed by atoms with E-state index in [9.17, 15) is 4.79 Å². The van der Waals surface area contributed by atoms with Crippen molar-refractivity contribution in [1.29, 1.82) is 5.41 Å². The summed E-state index contributed by atoms with van der Waals surface area (Å²) < 4.78 is 5.31. The van der Waals surface area contributed by atoms with Crippen molar-refractivity contribution in [3.05, 3.63) is 42.5 Å². The molecule has 1 amide bonds. The Balaban J connectivity index is 2.30. The van der Waals surface area contributed by atoms with Crippen LogP contribution >= 0.6 is 0 Å². The summed E-state index contributed by atoms with van der Waals surface area (Å²) in [5, 5.41) is 10.0. The maximum Gasteiger partial charge on any atom is 0.231 e. The summed E-state index contributed by atoms with van der Waals surface area (Å²) in [6, 6.07) is 13.1. The van der Waals surface area contributed by atoms with Crippen LogP contribution in [0.5, 0.6) is 5.75 Å². The van der Waals surface area contributed by atoms with E-state index in [0.29, 0.717) is 23.0 Å². The highest BCUT2D eigenvalue weighted by Crippen LogP contribution is 2.29. The van der Waals surface area contributed by atoms with E-state index in [1.165, 1.54) is 0 Å². The molecule has 0 spiro atoms. The first-order valence-corrected chi connectivity index (χ1v) is 6.54. The van der Waals surface area contributed by atoms with Gasteiger partial charge >= 0.3 is 0 Å². The van der Waals surface area contributed by atoms with Gasteiger partial charge in [0.25, 0.3) is 0 Å². The SMILES string of the molecule is COc1ccc(NC(=O)CC(C)=N)nc1-c1ccccc1. The maximum absolute atomic E-state index is 11.7. The molecule has 0 saturated carbocycles. The fourth-order valence-electron chi connectivity index (χ4n) is 1.91. The molecule has 0 aliphatic heterocycles. The van der Waals surface area contributed by atoms with E-state index in [1.807, 2.05) is 30.3 Å². The summed E-state index contributed by atoms with van der Waals surface area (Å²) in [4.78, 5) is 16.1. The molecule has 0 saturated heterocycles. The highest BCUT2D eigenvalue weighted by atomic mass is 16.5. The number of carbonyl (C=O) groups is 1. The van der Waals surface area contributed by atoms with Crippen LogP contribution in [0.25, 0.3) is 11.3 Å². The largest absolute Gasteiger partial charge is 0.494 e. The Morgan fingerprint density at radius 1 is 1.24 bits per heavy atom. The number of rotatable bonds is 5. The number of hydrogen-bond donors (Lipinski definition) is 2. The van der Waals surface area contributed by atoms with Crippen molar-refractivity contribution < 1.29 is 9.53 Å². The molecule has 5 heteroatoms. The predicted molar refractivity (Wildman–Crippen MR) is 82.9 cm³/mol. The minimum Gasteiger partial charge on any atom is -0.494 e. The predicted octanol–water partition coefficient (Wildman–Crippen LogP) is 3.13. The molecular formula is C16H17N3O2. The Hall–Kier alpha value is -2.69. The summed E-state index contributed by atoms with van der Waals surface area (Å²) in [5.74, 6) is 0.836. The molecule has 2 aromatic rings. The van der Waals surface area contributed by atoms with Gasteiger partial charge in [-0.05, 0) is 19.1 Å². The second-order valence-corrected chi connectivity index (χ2v) is 4.62. The van der Waals surface area contributed by atoms with Crippen molar-refractivity contribution in [2.24, 2.45) is 0 Å². The molecule has 0 aliphatic rings. The Morgan fingerprint density at radius 2 is 1.95 bits per heavy atom. The van der Waals surface area contributed by atoms with Crippen LogP contribution in [0.15, 0.2) is 42.5 Å². The van der Waals surface area contributed by atoms with Gasteiger partial charge in [-0.15, -0.1) is 0 Å². The van der Waals surface area contributed by atoms with E-state index in [2.05, 4.69) is 10.3 Å². The molecule has 0 radical (unpaired) electrons. The molecule has 21 heavy (non-hydrogen) atoms. The van der Waals surface area contributed by atoms with Gasteiger partial charge in [0, 0.05) is 11.3 Å². The molecule has 0 unspecified atom stereocenters. The minimum atomic E-state index is -0.251. The second-order valence-electron chi connectivity index (χ2n) is 4.62. The summed E-state index contributed by atoms with van der Waals surface area (Å²) in [5.41, 5.74) is 1.89. The first-order chi connectivity index (χ1) is 10.1.